The lowest BCUT2D eigenvalue weighted by molar-refractivity contribution is 0.194. The number of hydrogen-bond donors (Lipinski definition) is 1. The topological polar surface area (TPSA) is 98.8 Å². The standard InChI is InChI=1S/C24H29N9O/c1-24(8-9-24)34-22-21-19(5-4-18(28-21)20-14-32(3)15-25-20)29-23(30-22)27-16-12-26-33(13-16)17-6-10-31(2)11-7-17/h4-5,12-15,17H,6-11H2,1-3H3,(H,27,29,30). The lowest BCUT2D eigenvalue weighted by atomic mass is 10.1. The van der Waals surface area contributed by atoms with Crippen molar-refractivity contribution in [2.24, 2.45) is 7.05 Å². The van der Waals surface area contributed by atoms with Gasteiger partial charge in [0.15, 0.2) is 5.52 Å². The van der Waals surface area contributed by atoms with E-state index in [1.165, 1.54) is 0 Å². The number of fused-ring (bicyclic) bond motifs is 1. The maximum absolute atomic E-state index is 6.31. The highest BCUT2D eigenvalue weighted by atomic mass is 16.5. The Kier molecular flexibility index (Phi) is 4.98. The van der Waals surface area contributed by atoms with Crippen molar-refractivity contribution in [2.75, 3.05) is 25.5 Å². The van der Waals surface area contributed by atoms with Crippen LogP contribution in [0, 0.1) is 0 Å². The van der Waals surface area contributed by atoms with E-state index in [-0.39, 0.29) is 5.60 Å². The van der Waals surface area contributed by atoms with Crippen LogP contribution >= 0.6 is 0 Å². The van der Waals surface area contributed by atoms with Gasteiger partial charge in [0.25, 0.3) is 0 Å². The Labute approximate surface area is 198 Å². The summed E-state index contributed by atoms with van der Waals surface area (Å²) in [6, 6.07) is 4.30. The van der Waals surface area contributed by atoms with Crippen molar-refractivity contribution in [3.05, 3.63) is 37.1 Å². The van der Waals surface area contributed by atoms with Crippen molar-refractivity contribution in [3.63, 3.8) is 0 Å². The van der Waals surface area contributed by atoms with E-state index in [4.69, 9.17) is 19.7 Å². The van der Waals surface area contributed by atoms with Crippen LogP contribution in [0.1, 0.15) is 38.6 Å². The maximum Gasteiger partial charge on any atom is 0.246 e. The molecule has 0 radical (unpaired) electrons. The van der Waals surface area contributed by atoms with Crippen molar-refractivity contribution in [1.29, 1.82) is 0 Å². The van der Waals surface area contributed by atoms with Gasteiger partial charge in [0.2, 0.25) is 11.8 Å². The molecule has 176 valence electrons. The van der Waals surface area contributed by atoms with E-state index in [0.717, 1.165) is 61.4 Å². The van der Waals surface area contributed by atoms with Gasteiger partial charge in [-0.3, -0.25) is 4.68 Å². The molecule has 0 unspecified atom stereocenters. The largest absolute Gasteiger partial charge is 0.470 e. The fourth-order valence-electron chi connectivity index (χ4n) is 4.30. The summed E-state index contributed by atoms with van der Waals surface area (Å²) in [6.45, 7) is 4.28. The minimum atomic E-state index is -0.194. The van der Waals surface area contributed by atoms with Crippen LogP contribution in [0.2, 0.25) is 0 Å². The van der Waals surface area contributed by atoms with Gasteiger partial charge in [-0.2, -0.15) is 10.1 Å². The van der Waals surface area contributed by atoms with Crippen LogP contribution < -0.4 is 10.1 Å². The van der Waals surface area contributed by atoms with Gasteiger partial charge in [-0.25, -0.2) is 15.0 Å². The van der Waals surface area contributed by atoms with Crippen molar-refractivity contribution in [2.45, 2.75) is 44.2 Å². The molecule has 1 saturated heterocycles. The van der Waals surface area contributed by atoms with Crippen LogP contribution in [0.3, 0.4) is 0 Å². The fraction of sp³-hybridized carbons (Fsp3) is 0.458. The van der Waals surface area contributed by atoms with Gasteiger partial charge in [0.05, 0.1) is 35.5 Å². The van der Waals surface area contributed by atoms with Crippen molar-refractivity contribution in [1.82, 2.24) is 39.2 Å². The molecule has 1 aliphatic heterocycles. The first-order valence-electron chi connectivity index (χ1n) is 11.8. The second-order valence-electron chi connectivity index (χ2n) is 9.76. The molecule has 2 aliphatic rings. The van der Waals surface area contributed by atoms with E-state index in [9.17, 15) is 0 Å². The number of ether oxygens (including phenoxy) is 1. The molecule has 34 heavy (non-hydrogen) atoms. The molecule has 0 bridgehead atoms. The summed E-state index contributed by atoms with van der Waals surface area (Å²) in [6.07, 6.45) is 11.8. The quantitative estimate of drug-likeness (QED) is 0.467. The first-order valence-corrected chi connectivity index (χ1v) is 11.8. The normalized spacial score (nSPS) is 18.3. The minimum Gasteiger partial charge on any atom is -0.470 e. The second-order valence-corrected chi connectivity index (χ2v) is 9.76. The van der Waals surface area contributed by atoms with Gasteiger partial charge in [-0.05, 0) is 64.9 Å². The third-order valence-corrected chi connectivity index (χ3v) is 6.69. The zero-order valence-corrected chi connectivity index (χ0v) is 19.8. The lowest BCUT2D eigenvalue weighted by Gasteiger charge is -2.28. The van der Waals surface area contributed by atoms with Gasteiger partial charge in [0.1, 0.15) is 11.3 Å². The summed E-state index contributed by atoms with van der Waals surface area (Å²) < 4.78 is 10.3. The smallest absolute Gasteiger partial charge is 0.246 e. The Hall–Kier alpha value is -3.53. The van der Waals surface area contributed by atoms with Crippen LogP contribution in [-0.2, 0) is 7.05 Å². The molecule has 2 fully saturated rings. The Morgan fingerprint density at radius 2 is 1.85 bits per heavy atom. The number of anilines is 2. The van der Waals surface area contributed by atoms with E-state index in [1.807, 2.05) is 42.3 Å². The van der Waals surface area contributed by atoms with Crippen LogP contribution in [0.25, 0.3) is 22.4 Å². The first-order chi connectivity index (χ1) is 16.4. The number of hydrogen-bond acceptors (Lipinski definition) is 8. The number of nitrogens with zero attached hydrogens (tertiary/aromatic N) is 8. The Balaban J connectivity index is 1.31. The molecule has 0 spiro atoms. The number of nitrogens with one attached hydrogen (secondary N) is 1. The molecule has 1 N–H and O–H groups in total. The number of rotatable bonds is 6. The van der Waals surface area contributed by atoms with E-state index in [1.54, 1.807) is 6.33 Å². The van der Waals surface area contributed by atoms with E-state index in [0.29, 0.717) is 23.4 Å². The van der Waals surface area contributed by atoms with Crippen LogP contribution in [0.15, 0.2) is 37.1 Å². The SMILES string of the molecule is CN1CCC(n2cc(Nc3nc(OC4(C)CC4)c4nc(-c5cn(C)cn5)ccc4n3)cn2)CC1. The van der Waals surface area contributed by atoms with Gasteiger partial charge in [-0.1, -0.05) is 0 Å². The summed E-state index contributed by atoms with van der Waals surface area (Å²) >= 11 is 0. The van der Waals surface area contributed by atoms with Crippen LogP contribution in [0.4, 0.5) is 11.6 Å². The summed E-state index contributed by atoms with van der Waals surface area (Å²) in [5, 5.41) is 7.91. The highest BCUT2D eigenvalue weighted by Crippen LogP contribution is 2.41. The highest BCUT2D eigenvalue weighted by molar-refractivity contribution is 5.83. The van der Waals surface area contributed by atoms with E-state index >= 15 is 0 Å². The minimum absolute atomic E-state index is 0.194. The molecule has 4 aromatic heterocycles. The Morgan fingerprint density at radius 3 is 2.59 bits per heavy atom. The zero-order valence-electron chi connectivity index (χ0n) is 19.8. The third kappa shape index (κ3) is 4.21. The molecular weight excluding hydrogens is 430 g/mol. The average molecular weight is 460 g/mol. The number of aryl methyl sites for hydroxylation is 1. The Morgan fingerprint density at radius 1 is 1.03 bits per heavy atom. The molecule has 0 atom stereocenters. The monoisotopic (exact) mass is 459 g/mol. The highest BCUT2D eigenvalue weighted by Gasteiger charge is 2.41. The van der Waals surface area contributed by atoms with Crippen LogP contribution in [0.5, 0.6) is 5.88 Å². The maximum atomic E-state index is 6.31. The molecule has 1 aliphatic carbocycles. The molecule has 6 rings (SSSR count). The second kappa shape index (κ2) is 8.05. The molecule has 10 nitrogen and oxygen atoms in total. The summed E-state index contributed by atoms with van der Waals surface area (Å²) in [5.41, 5.74) is 3.60. The van der Waals surface area contributed by atoms with Gasteiger partial charge < -0.3 is 19.5 Å². The first kappa shape index (κ1) is 21.0. The summed E-state index contributed by atoms with van der Waals surface area (Å²) in [4.78, 5) is 21.0. The third-order valence-electron chi connectivity index (χ3n) is 6.69. The van der Waals surface area contributed by atoms with Crippen molar-refractivity contribution in [3.8, 4) is 17.3 Å². The Bertz CT molecular complexity index is 1330. The summed E-state index contributed by atoms with van der Waals surface area (Å²) in [5.74, 6) is 0.968. The van der Waals surface area contributed by atoms with Crippen molar-refractivity contribution < 1.29 is 4.74 Å². The van der Waals surface area contributed by atoms with Gasteiger partial charge in [-0.15, -0.1) is 0 Å². The molecule has 4 aromatic rings. The molecule has 10 heteroatoms. The predicted molar refractivity (Wildman–Crippen MR) is 129 cm³/mol. The van der Waals surface area contributed by atoms with Crippen molar-refractivity contribution >= 4 is 22.7 Å². The zero-order chi connectivity index (χ0) is 23.3. The lowest BCUT2D eigenvalue weighted by Crippen LogP contribution is -2.31. The number of pyridine rings is 1. The molecular formula is C24H29N9O. The van der Waals surface area contributed by atoms with Crippen LogP contribution in [-0.4, -0.2) is 64.9 Å². The predicted octanol–water partition coefficient (Wildman–Crippen LogP) is 3.56. The molecule has 0 aromatic carbocycles. The van der Waals surface area contributed by atoms with Gasteiger partial charge >= 0.3 is 0 Å². The average Bonchev–Trinajstić information content (AvgIpc) is 3.18. The number of likely N-dealkylation sites (tertiary alicyclic amines) is 1. The van der Waals surface area contributed by atoms with E-state index < -0.39 is 0 Å². The molecule has 0 amide bonds. The molecule has 5 heterocycles. The van der Waals surface area contributed by atoms with Gasteiger partial charge in [0, 0.05) is 19.4 Å². The fourth-order valence-corrected chi connectivity index (χ4v) is 4.30. The number of aromatic nitrogens is 7. The van der Waals surface area contributed by atoms with E-state index in [2.05, 4.69) is 39.0 Å². The number of imidazole rings is 1. The number of piperidine rings is 1. The molecule has 1 saturated carbocycles. The summed E-state index contributed by atoms with van der Waals surface area (Å²) in [7, 11) is 4.11.